The second-order valence-electron chi connectivity index (χ2n) is 3.53. The molecular formula is C10H9N5O3. The van der Waals surface area contributed by atoms with Crippen LogP contribution in [0.2, 0.25) is 0 Å². The maximum atomic E-state index is 10.9. The highest BCUT2D eigenvalue weighted by Crippen LogP contribution is 2.15. The molecule has 2 aromatic rings. The molecule has 0 spiro atoms. The van der Waals surface area contributed by atoms with Gasteiger partial charge in [0.05, 0.1) is 10.6 Å². The first-order chi connectivity index (χ1) is 8.49. The van der Waals surface area contributed by atoms with Crippen molar-refractivity contribution in [2.24, 2.45) is 5.73 Å². The molecule has 0 aliphatic heterocycles. The highest BCUT2D eigenvalue weighted by atomic mass is 16.6. The van der Waals surface area contributed by atoms with Crippen LogP contribution in [0.4, 0.5) is 5.69 Å². The first kappa shape index (κ1) is 11.7. The van der Waals surface area contributed by atoms with Crippen molar-refractivity contribution in [1.82, 2.24) is 14.8 Å². The fourth-order valence-electron chi connectivity index (χ4n) is 1.45. The van der Waals surface area contributed by atoms with Crippen molar-refractivity contribution in [3.05, 3.63) is 46.0 Å². The largest absolute Gasteiger partial charge is 0.363 e. The smallest absolute Gasteiger partial charge is 0.288 e. The molecule has 0 unspecified atom stereocenters. The number of hydrogen-bond donors (Lipinski definition) is 1. The molecule has 0 aliphatic carbocycles. The van der Waals surface area contributed by atoms with Crippen LogP contribution in [0.25, 0.3) is 5.69 Å². The summed E-state index contributed by atoms with van der Waals surface area (Å²) in [7, 11) is 0. The Bertz CT molecular complexity index is 617. The fraction of sp³-hybridized carbons (Fsp3) is 0.100. The summed E-state index contributed by atoms with van der Waals surface area (Å²) in [5.74, 6) is -0.345. The summed E-state index contributed by atoms with van der Waals surface area (Å²) in [5, 5.41) is 14.4. The third-order valence-corrected chi connectivity index (χ3v) is 2.29. The molecule has 0 saturated carbocycles. The predicted molar refractivity (Wildman–Crippen MR) is 61.3 cm³/mol. The molecule has 0 fully saturated rings. The van der Waals surface area contributed by atoms with Crippen molar-refractivity contribution < 1.29 is 9.72 Å². The lowest BCUT2D eigenvalue weighted by Gasteiger charge is -2.01. The van der Waals surface area contributed by atoms with Gasteiger partial charge in [0, 0.05) is 12.1 Å². The van der Waals surface area contributed by atoms with E-state index in [1.54, 1.807) is 6.92 Å². The first-order valence-electron chi connectivity index (χ1n) is 4.97. The fourth-order valence-corrected chi connectivity index (χ4v) is 1.45. The molecule has 1 aromatic carbocycles. The van der Waals surface area contributed by atoms with Gasteiger partial charge in [0.25, 0.3) is 11.6 Å². The maximum Gasteiger partial charge on any atom is 0.288 e. The maximum absolute atomic E-state index is 10.9. The molecule has 8 nitrogen and oxygen atoms in total. The first-order valence-corrected chi connectivity index (χ1v) is 4.97. The average molecular weight is 247 g/mol. The van der Waals surface area contributed by atoms with E-state index < -0.39 is 10.8 Å². The molecule has 1 heterocycles. The van der Waals surface area contributed by atoms with Gasteiger partial charge in [0.15, 0.2) is 0 Å². The minimum atomic E-state index is -0.723. The molecule has 2 N–H and O–H groups in total. The van der Waals surface area contributed by atoms with E-state index in [0.29, 0.717) is 11.5 Å². The van der Waals surface area contributed by atoms with Gasteiger partial charge < -0.3 is 5.73 Å². The van der Waals surface area contributed by atoms with E-state index >= 15 is 0 Å². The number of non-ortho nitro benzene ring substituents is 1. The van der Waals surface area contributed by atoms with Gasteiger partial charge in [-0.05, 0) is 19.1 Å². The molecule has 0 atom stereocenters. The number of hydrogen-bond acceptors (Lipinski definition) is 5. The van der Waals surface area contributed by atoms with Crippen molar-refractivity contribution in [1.29, 1.82) is 0 Å². The minimum Gasteiger partial charge on any atom is -0.363 e. The standard InChI is InChI=1S/C10H9N5O3/c1-6-12-10(9(11)16)13-14(6)7-2-4-8(5-3-7)15(17)18/h2-5H,1H3,(H2,11,16). The third-order valence-electron chi connectivity index (χ3n) is 2.29. The molecule has 0 radical (unpaired) electrons. The minimum absolute atomic E-state index is 0.0216. The van der Waals surface area contributed by atoms with Crippen molar-refractivity contribution in [3.8, 4) is 5.69 Å². The normalized spacial score (nSPS) is 10.3. The number of carbonyl (C=O) groups excluding carboxylic acids is 1. The molecule has 2 rings (SSSR count). The number of amides is 1. The van der Waals surface area contributed by atoms with Crippen molar-refractivity contribution >= 4 is 11.6 Å². The second-order valence-corrected chi connectivity index (χ2v) is 3.53. The Morgan fingerprint density at radius 1 is 1.39 bits per heavy atom. The number of nitrogens with zero attached hydrogens (tertiary/aromatic N) is 4. The van der Waals surface area contributed by atoms with Gasteiger partial charge >= 0.3 is 0 Å². The van der Waals surface area contributed by atoms with Gasteiger partial charge in [0.2, 0.25) is 5.82 Å². The van der Waals surface area contributed by atoms with Crippen molar-refractivity contribution in [2.45, 2.75) is 6.92 Å². The molecule has 92 valence electrons. The Kier molecular flexibility index (Phi) is 2.76. The number of nitrogens with two attached hydrogens (primary N) is 1. The van der Waals surface area contributed by atoms with Crippen LogP contribution in [0.5, 0.6) is 0 Å². The number of aromatic nitrogens is 3. The molecule has 1 amide bonds. The summed E-state index contributed by atoms with van der Waals surface area (Å²) in [6.45, 7) is 1.65. The van der Waals surface area contributed by atoms with E-state index in [4.69, 9.17) is 5.73 Å². The zero-order valence-corrected chi connectivity index (χ0v) is 9.40. The van der Waals surface area contributed by atoms with E-state index in [0.717, 1.165) is 0 Å². The molecule has 0 aliphatic rings. The van der Waals surface area contributed by atoms with Gasteiger partial charge in [-0.25, -0.2) is 9.67 Å². The van der Waals surface area contributed by atoms with Crippen molar-refractivity contribution in [2.75, 3.05) is 0 Å². The number of nitro benzene ring substituents is 1. The van der Waals surface area contributed by atoms with Crippen LogP contribution in [0, 0.1) is 17.0 Å². The van der Waals surface area contributed by atoms with E-state index in [1.807, 2.05) is 0 Å². The van der Waals surface area contributed by atoms with Crippen molar-refractivity contribution in [3.63, 3.8) is 0 Å². The third kappa shape index (κ3) is 2.03. The summed E-state index contributed by atoms with van der Waals surface area (Å²) in [4.78, 5) is 24.8. The Morgan fingerprint density at radius 3 is 2.44 bits per heavy atom. The Morgan fingerprint density at radius 2 is 2.00 bits per heavy atom. The number of aryl methyl sites for hydroxylation is 1. The van der Waals surface area contributed by atoms with Gasteiger partial charge in [-0.3, -0.25) is 14.9 Å². The summed E-state index contributed by atoms with van der Waals surface area (Å²) in [5.41, 5.74) is 5.62. The number of nitro groups is 1. The lowest BCUT2D eigenvalue weighted by molar-refractivity contribution is -0.384. The van der Waals surface area contributed by atoms with Gasteiger partial charge in [-0.15, -0.1) is 5.10 Å². The lowest BCUT2D eigenvalue weighted by Crippen LogP contribution is -2.13. The Labute approximate surface area is 101 Å². The van der Waals surface area contributed by atoms with Gasteiger partial charge in [-0.1, -0.05) is 0 Å². The molecule has 18 heavy (non-hydrogen) atoms. The number of rotatable bonds is 3. The zero-order valence-electron chi connectivity index (χ0n) is 9.40. The van der Waals surface area contributed by atoms with Crippen LogP contribution in [0.15, 0.2) is 24.3 Å². The van der Waals surface area contributed by atoms with Crippen LogP contribution in [-0.4, -0.2) is 25.6 Å². The van der Waals surface area contributed by atoms with E-state index in [2.05, 4.69) is 10.1 Å². The second kappa shape index (κ2) is 4.24. The lowest BCUT2D eigenvalue weighted by atomic mass is 10.3. The quantitative estimate of drug-likeness (QED) is 0.628. The topological polar surface area (TPSA) is 117 Å². The summed E-state index contributed by atoms with van der Waals surface area (Å²) >= 11 is 0. The average Bonchev–Trinajstić information content (AvgIpc) is 2.71. The van der Waals surface area contributed by atoms with Crippen LogP contribution in [-0.2, 0) is 0 Å². The predicted octanol–water partition coefficient (Wildman–Crippen LogP) is 0.583. The molecule has 0 bridgehead atoms. The summed E-state index contributed by atoms with van der Waals surface area (Å²) < 4.78 is 1.39. The van der Waals surface area contributed by atoms with Gasteiger partial charge in [-0.2, -0.15) is 0 Å². The van der Waals surface area contributed by atoms with Crippen LogP contribution < -0.4 is 5.73 Å². The van der Waals surface area contributed by atoms with Crippen LogP contribution in [0.3, 0.4) is 0 Å². The highest BCUT2D eigenvalue weighted by molar-refractivity contribution is 5.88. The molecule has 1 aromatic heterocycles. The van der Waals surface area contributed by atoms with Crippen LogP contribution >= 0.6 is 0 Å². The summed E-state index contributed by atoms with van der Waals surface area (Å²) in [6.07, 6.45) is 0. The monoisotopic (exact) mass is 247 g/mol. The Hall–Kier alpha value is -2.77. The zero-order chi connectivity index (χ0) is 13.3. The van der Waals surface area contributed by atoms with Gasteiger partial charge in [0.1, 0.15) is 5.82 Å². The van der Waals surface area contributed by atoms with E-state index in [-0.39, 0.29) is 11.5 Å². The highest BCUT2D eigenvalue weighted by Gasteiger charge is 2.13. The Balaban J connectivity index is 2.42. The summed E-state index contributed by atoms with van der Waals surface area (Å²) in [6, 6.07) is 5.73. The SMILES string of the molecule is Cc1nc(C(N)=O)nn1-c1ccc([N+](=O)[O-])cc1. The molecule has 0 saturated heterocycles. The van der Waals surface area contributed by atoms with E-state index in [1.165, 1.54) is 28.9 Å². The number of carbonyl (C=O) groups is 1. The number of benzene rings is 1. The van der Waals surface area contributed by atoms with E-state index in [9.17, 15) is 14.9 Å². The van der Waals surface area contributed by atoms with Crippen LogP contribution in [0.1, 0.15) is 16.4 Å². The molecular weight excluding hydrogens is 238 g/mol. The molecule has 8 heteroatoms. The number of primary amides is 1.